The number of nitrogens with one attached hydrogen (secondary N) is 2. The number of hydrogen-bond acceptors (Lipinski definition) is 5. The lowest BCUT2D eigenvalue weighted by Gasteiger charge is -2.34. The Morgan fingerprint density at radius 3 is 2.27 bits per heavy atom. The molecule has 0 unspecified atom stereocenters. The van der Waals surface area contributed by atoms with Crippen molar-refractivity contribution in [1.82, 2.24) is 10.2 Å². The Labute approximate surface area is 246 Å². The van der Waals surface area contributed by atoms with Gasteiger partial charge in [-0.25, -0.2) is 17.6 Å². The monoisotopic (exact) mass is 602 g/mol. The molecule has 8 nitrogen and oxygen atoms in total. The highest BCUT2D eigenvalue weighted by Crippen LogP contribution is 2.26. The number of sulfonamides is 1. The number of amides is 2. The van der Waals surface area contributed by atoms with Crippen molar-refractivity contribution in [3.63, 3.8) is 0 Å². The molecular weight excluding hydrogens is 567 g/mol. The quantitative estimate of drug-likeness (QED) is 0.257. The molecule has 1 heterocycles. The van der Waals surface area contributed by atoms with Crippen LogP contribution in [-0.2, 0) is 16.6 Å². The van der Waals surface area contributed by atoms with Crippen LogP contribution in [0, 0.1) is 5.82 Å². The average molecular weight is 603 g/mol. The van der Waals surface area contributed by atoms with E-state index in [2.05, 4.69) is 14.9 Å². The molecule has 3 aromatic carbocycles. The second kappa shape index (κ2) is 14.0. The Balaban J connectivity index is 1.25. The fourth-order valence-electron chi connectivity index (χ4n) is 4.70. The number of hydrogen-bond donors (Lipinski definition) is 2. The molecule has 2 amide bonds. The predicted octanol–water partition coefficient (Wildman–Crippen LogP) is 6.62. The van der Waals surface area contributed by atoms with Gasteiger partial charge in [-0.1, -0.05) is 37.1 Å². The number of rotatable bonds is 11. The summed E-state index contributed by atoms with van der Waals surface area (Å²) >= 11 is 5.91. The highest BCUT2D eigenvalue weighted by molar-refractivity contribution is 7.92. The Hall–Kier alpha value is -3.34. The number of anilines is 2. The Kier molecular flexibility index (Phi) is 10.5. The third-order valence-electron chi connectivity index (χ3n) is 6.82. The van der Waals surface area contributed by atoms with E-state index >= 15 is 0 Å². The van der Waals surface area contributed by atoms with Gasteiger partial charge in [0.05, 0.1) is 11.9 Å². The zero-order valence-corrected chi connectivity index (χ0v) is 24.8. The van der Waals surface area contributed by atoms with Gasteiger partial charge in [-0.3, -0.25) is 14.5 Å². The van der Waals surface area contributed by atoms with Gasteiger partial charge in [-0.05, 0) is 79.4 Å². The summed E-state index contributed by atoms with van der Waals surface area (Å²) in [5.74, 6) is 0.784. The first-order chi connectivity index (χ1) is 19.6. The van der Waals surface area contributed by atoms with Crippen molar-refractivity contribution in [2.24, 2.45) is 0 Å². The summed E-state index contributed by atoms with van der Waals surface area (Å²) in [5.41, 5.74) is 1.87. The fraction of sp³-hybridized carbons (Fsp3) is 0.367. The molecule has 0 radical (unpaired) electrons. The summed E-state index contributed by atoms with van der Waals surface area (Å²) < 4.78 is 45.6. The molecule has 0 saturated carbocycles. The molecule has 220 valence electrons. The molecule has 0 aliphatic carbocycles. The van der Waals surface area contributed by atoms with Gasteiger partial charge in [0.25, 0.3) is 0 Å². The highest BCUT2D eigenvalue weighted by atomic mass is 35.5. The lowest BCUT2D eigenvalue weighted by molar-refractivity contribution is 0.188. The molecule has 0 spiro atoms. The van der Waals surface area contributed by atoms with Gasteiger partial charge in [-0.15, -0.1) is 0 Å². The number of piperidine rings is 1. The molecule has 0 aromatic heterocycles. The van der Waals surface area contributed by atoms with Crippen molar-refractivity contribution in [2.75, 3.05) is 35.5 Å². The van der Waals surface area contributed by atoms with Crippen LogP contribution in [0.4, 0.5) is 20.6 Å². The van der Waals surface area contributed by atoms with E-state index < -0.39 is 15.8 Å². The van der Waals surface area contributed by atoms with E-state index in [1.165, 1.54) is 11.0 Å². The van der Waals surface area contributed by atoms with Crippen molar-refractivity contribution in [3.8, 4) is 11.5 Å². The van der Waals surface area contributed by atoms with Crippen LogP contribution in [0.2, 0.25) is 5.02 Å². The lowest BCUT2D eigenvalue weighted by Crippen LogP contribution is -2.49. The van der Waals surface area contributed by atoms with E-state index in [-0.39, 0.29) is 17.8 Å². The van der Waals surface area contributed by atoms with Gasteiger partial charge >= 0.3 is 6.03 Å². The summed E-state index contributed by atoms with van der Waals surface area (Å²) in [6, 6.07) is 18.7. The maximum Gasteiger partial charge on any atom is 0.322 e. The predicted molar refractivity (Wildman–Crippen MR) is 162 cm³/mol. The van der Waals surface area contributed by atoms with E-state index in [9.17, 15) is 17.6 Å². The molecule has 2 N–H and O–H groups in total. The maximum atomic E-state index is 14.6. The van der Waals surface area contributed by atoms with Crippen LogP contribution in [0.15, 0.2) is 66.7 Å². The minimum atomic E-state index is -3.33. The summed E-state index contributed by atoms with van der Waals surface area (Å²) in [4.78, 5) is 16.9. The number of ether oxygens (including phenoxy) is 1. The minimum Gasteiger partial charge on any atom is -0.457 e. The van der Waals surface area contributed by atoms with Crippen LogP contribution in [0.1, 0.15) is 38.2 Å². The fourth-order valence-corrected chi connectivity index (χ4v) is 5.42. The summed E-state index contributed by atoms with van der Waals surface area (Å²) in [6.07, 6.45) is 4.38. The van der Waals surface area contributed by atoms with Crippen molar-refractivity contribution >= 4 is 39.0 Å². The van der Waals surface area contributed by atoms with Gasteiger partial charge in [-0.2, -0.15) is 0 Å². The van der Waals surface area contributed by atoms with E-state index in [4.69, 9.17) is 16.3 Å². The molecule has 11 heteroatoms. The second-order valence-electron chi connectivity index (χ2n) is 10.2. The first-order valence-corrected chi connectivity index (χ1v) is 16.0. The number of nitrogens with zero attached hydrogens (tertiary/aromatic N) is 2. The van der Waals surface area contributed by atoms with E-state index in [0.29, 0.717) is 28.8 Å². The molecule has 0 bridgehead atoms. The van der Waals surface area contributed by atoms with E-state index in [1.807, 2.05) is 31.2 Å². The SMILES string of the molecule is CCCCN(C(=O)NC1CCN(Cc2ccc(Oc3ccc(NS(C)(=O)=O)cc3)cc2)CC1)c1ccc(Cl)cc1F. The molecule has 4 rings (SSSR count). The van der Waals surface area contributed by atoms with Crippen molar-refractivity contribution in [3.05, 3.63) is 83.1 Å². The van der Waals surface area contributed by atoms with Gasteiger partial charge in [0.15, 0.2) is 0 Å². The molecule has 0 atom stereocenters. The van der Waals surface area contributed by atoms with Crippen LogP contribution in [-0.4, -0.2) is 51.3 Å². The van der Waals surface area contributed by atoms with Gasteiger partial charge in [0, 0.05) is 42.9 Å². The van der Waals surface area contributed by atoms with Gasteiger partial charge in [0.1, 0.15) is 17.3 Å². The zero-order chi connectivity index (χ0) is 29.4. The van der Waals surface area contributed by atoms with Crippen LogP contribution in [0.5, 0.6) is 11.5 Å². The molecule has 1 aliphatic rings. The van der Waals surface area contributed by atoms with Crippen LogP contribution in [0.3, 0.4) is 0 Å². The highest BCUT2D eigenvalue weighted by Gasteiger charge is 2.25. The second-order valence-corrected chi connectivity index (χ2v) is 12.4. The van der Waals surface area contributed by atoms with Crippen molar-refractivity contribution in [2.45, 2.75) is 45.2 Å². The molecule has 1 saturated heterocycles. The summed E-state index contributed by atoms with van der Waals surface area (Å²) in [5, 5.41) is 3.41. The Morgan fingerprint density at radius 1 is 1.05 bits per heavy atom. The minimum absolute atomic E-state index is 0.0213. The normalized spacial score (nSPS) is 14.4. The van der Waals surface area contributed by atoms with Crippen molar-refractivity contribution < 1.29 is 22.3 Å². The molecular formula is C30H36ClFN4O4S. The molecule has 3 aromatic rings. The zero-order valence-electron chi connectivity index (χ0n) is 23.3. The number of benzene rings is 3. The Morgan fingerprint density at radius 2 is 1.68 bits per heavy atom. The van der Waals surface area contributed by atoms with Gasteiger partial charge < -0.3 is 10.1 Å². The number of urea groups is 1. The number of carbonyl (C=O) groups is 1. The first-order valence-electron chi connectivity index (χ1n) is 13.7. The third kappa shape index (κ3) is 9.34. The average Bonchev–Trinajstić information content (AvgIpc) is 2.92. The number of halogens is 2. The molecule has 1 aliphatic heterocycles. The first kappa shape index (κ1) is 30.6. The smallest absolute Gasteiger partial charge is 0.322 e. The third-order valence-corrected chi connectivity index (χ3v) is 7.66. The maximum absolute atomic E-state index is 14.6. The summed E-state index contributed by atoms with van der Waals surface area (Å²) in [6.45, 7) is 4.92. The topological polar surface area (TPSA) is 91.0 Å². The van der Waals surface area contributed by atoms with Crippen LogP contribution in [0.25, 0.3) is 0 Å². The van der Waals surface area contributed by atoms with Crippen LogP contribution >= 0.6 is 11.6 Å². The molecule has 41 heavy (non-hydrogen) atoms. The lowest BCUT2D eigenvalue weighted by atomic mass is 10.0. The standard InChI is InChI=1S/C30H36ClFN4O4S/c1-3-4-17-36(29-14-7-23(31)20-28(29)32)30(37)33-24-15-18-35(19-16-24)21-22-5-10-26(11-6-22)40-27-12-8-25(9-13-27)34-41(2,38)39/h5-14,20,24,34H,3-4,15-19,21H2,1-2H3,(H,33,37). The van der Waals surface area contributed by atoms with E-state index in [0.717, 1.165) is 57.1 Å². The van der Waals surface area contributed by atoms with Gasteiger partial charge in [0.2, 0.25) is 10.0 Å². The molecule has 1 fully saturated rings. The van der Waals surface area contributed by atoms with E-state index in [1.54, 1.807) is 36.4 Å². The summed E-state index contributed by atoms with van der Waals surface area (Å²) in [7, 11) is -3.33. The van der Waals surface area contributed by atoms with Crippen molar-refractivity contribution in [1.29, 1.82) is 0 Å². The largest absolute Gasteiger partial charge is 0.457 e. The Bertz CT molecular complexity index is 1410. The number of likely N-dealkylation sites (tertiary alicyclic amines) is 1. The number of carbonyl (C=O) groups excluding carboxylic acids is 1. The number of unbranched alkanes of at least 4 members (excludes halogenated alkanes) is 1. The van der Waals surface area contributed by atoms with Crippen LogP contribution < -0.4 is 19.7 Å².